The first-order chi connectivity index (χ1) is 11.6. The normalized spacial score (nSPS) is 18.0. The van der Waals surface area contributed by atoms with Crippen molar-refractivity contribution in [3.63, 3.8) is 0 Å². The van der Waals surface area contributed by atoms with Gasteiger partial charge < -0.3 is 20.5 Å². The van der Waals surface area contributed by atoms with E-state index in [9.17, 15) is 4.79 Å². The van der Waals surface area contributed by atoms with Crippen LogP contribution in [-0.2, 0) is 14.3 Å². The number of halogens is 1. The lowest BCUT2D eigenvalue weighted by Gasteiger charge is -2.15. The second-order valence-electron chi connectivity index (χ2n) is 6.69. The largest absolute Gasteiger partial charge is 0.378 e. The van der Waals surface area contributed by atoms with Gasteiger partial charge in [-0.2, -0.15) is 0 Å². The van der Waals surface area contributed by atoms with Gasteiger partial charge in [-0.1, -0.05) is 38.1 Å². The molecular weight excluding hydrogens is 340 g/mol. The van der Waals surface area contributed by atoms with Crippen LogP contribution in [0.1, 0.15) is 56.2 Å². The molecule has 1 aromatic carbocycles. The number of hydrogen-bond acceptors (Lipinski definition) is 4. The van der Waals surface area contributed by atoms with Crippen molar-refractivity contribution in [3.8, 4) is 0 Å². The van der Waals surface area contributed by atoms with E-state index >= 15 is 0 Å². The molecule has 0 saturated carbocycles. The highest BCUT2D eigenvalue weighted by atomic mass is 35.5. The number of carbonyl (C=O) groups is 1. The van der Waals surface area contributed by atoms with E-state index in [-0.39, 0.29) is 30.5 Å². The van der Waals surface area contributed by atoms with Crippen molar-refractivity contribution in [3.05, 3.63) is 35.4 Å². The van der Waals surface area contributed by atoms with Gasteiger partial charge in [-0.05, 0) is 29.9 Å². The zero-order valence-electron chi connectivity index (χ0n) is 15.2. The topological polar surface area (TPSA) is 73.6 Å². The van der Waals surface area contributed by atoms with Crippen molar-refractivity contribution in [2.45, 2.75) is 51.2 Å². The minimum atomic E-state index is -0.192. The number of carbonyl (C=O) groups excluding carboxylic acids is 1. The molecule has 1 saturated heterocycles. The second kappa shape index (κ2) is 11.5. The van der Waals surface area contributed by atoms with Crippen LogP contribution in [0.25, 0.3) is 0 Å². The molecule has 0 spiro atoms. The number of hydrogen-bond donors (Lipinski definition) is 2. The molecule has 3 N–H and O–H groups in total. The minimum Gasteiger partial charge on any atom is -0.378 e. The zero-order valence-corrected chi connectivity index (χ0v) is 16.0. The van der Waals surface area contributed by atoms with Gasteiger partial charge in [0.1, 0.15) is 0 Å². The quantitative estimate of drug-likeness (QED) is 0.655. The van der Waals surface area contributed by atoms with Crippen LogP contribution in [0.3, 0.4) is 0 Å². The van der Waals surface area contributed by atoms with E-state index in [4.69, 9.17) is 15.2 Å². The smallest absolute Gasteiger partial charge is 0.222 e. The van der Waals surface area contributed by atoms with Crippen molar-refractivity contribution < 1.29 is 14.3 Å². The van der Waals surface area contributed by atoms with E-state index in [2.05, 4.69) is 31.3 Å². The zero-order chi connectivity index (χ0) is 17.4. The van der Waals surface area contributed by atoms with Crippen molar-refractivity contribution in [2.75, 3.05) is 26.4 Å². The highest BCUT2D eigenvalue weighted by Crippen LogP contribution is 2.17. The molecule has 0 aromatic heterocycles. The van der Waals surface area contributed by atoms with Crippen molar-refractivity contribution in [2.24, 2.45) is 5.73 Å². The first kappa shape index (κ1) is 21.9. The number of ether oxygens (including phenoxy) is 2. The van der Waals surface area contributed by atoms with Crippen LogP contribution in [0.2, 0.25) is 0 Å². The highest BCUT2D eigenvalue weighted by molar-refractivity contribution is 5.85. The van der Waals surface area contributed by atoms with Gasteiger partial charge in [-0.15, -0.1) is 12.4 Å². The minimum absolute atomic E-state index is 0. The summed E-state index contributed by atoms with van der Waals surface area (Å²) in [5, 5.41) is 2.87. The van der Waals surface area contributed by atoms with Crippen LogP contribution in [0.15, 0.2) is 24.3 Å². The van der Waals surface area contributed by atoms with Crippen LogP contribution in [0.5, 0.6) is 0 Å². The lowest BCUT2D eigenvalue weighted by Crippen LogP contribution is -2.32. The van der Waals surface area contributed by atoms with Gasteiger partial charge in [0.2, 0.25) is 5.91 Å². The van der Waals surface area contributed by atoms with Gasteiger partial charge in [0.05, 0.1) is 19.3 Å². The molecule has 1 aliphatic heterocycles. The maximum atomic E-state index is 11.8. The molecule has 2 rings (SSSR count). The average Bonchev–Trinajstić information content (AvgIpc) is 3.10. The lowest BCUT2D eigenvalue weighted by atomic mass is 9.99. The Morgan fingerprint density at radius 1 is 1.32 bits per heavy atom. The molecule has 0 aliphatic carbocycles. The summed E-state index contributed by atoms with van der Waals surface area (Å²) in [6.45, 7) is 6.58. The summed E-state index contributed by atoms with van der Waals surface area (Å²) in [5.74, 6) is 0.473. The molecular formula is C19H31ClN2O3. The highest BCUT2D eigenvalue weighted by Gasteiger charge is 2.15. The van der Waals surface area contributed by atoms with Gasteiger partial charge in [0, 0.05) is 25.6 Å². The predicted molar refractivity (Wildman–Crippen MR) is 102 cm³/mol. The molecule has 1 aromatic rings. The summed E-state index contributed by atoms with van der Waals surface area (Å²) in [7, 11) is 0. The summed E-state index contributed by atoms with van der Waals surface area (Å²) < 4.78 is 11.0. The van der Waals surface area contributed by atoms with E-state index < -0.39 is 0 Å². The Labute approximate surface area is 157 Å². The predicted octanol–water partition coefficient (Wildman–Crippen LogP) is 2.93. The fraction of sp³-hybridized carbons (Fsp3) is 0.632. The molecule has 0 bridgehead atoms. The standard InChI is InChI=1S/C19H30N2O3.ClH/c1-14(2)15-5-7-16(8-6-15)18(20)12-21-19(22)9-11-23-13-17-4-3-10-24-17;/h5-8,14,17-18H,3-4,9-13,20H2,1-2H3,(H,21,22);1H. The Hall–Kier alpha value is -1.14. The van der Waals surface area contributed by atoms with Gasteiger partial charge in [-0.3, -0.25) is 4.79 Å². The number of nitrogens with two attached hydrogens (primary N) is 1. The Bertz CT molecular complexity index is 502. The molecule has 2 unspecified atom stereocenters. The monoisotopic (exact) mass is 370 g/mol. The van der Waals surface area contributed by atoms with Crippen LogP contribution in [-0.4, -0.2) is 38.4 Å². The second-order valence-corrected chi connectivity index (χ2v) is 6.69. The van der Waals surface area contributed by atoms with E-state index in [0.717, 1.165) is 25.0 Å². The van der Waals surface area contributed by atoms with Crippen molar-refractivity contribution in [1.82, 2.24) is 5.32 Å². The molecule has 1 fully saturated rings. The summed E-state index contributed by atoms with van der Waals surface area (Å²) in [6.07, 6.45) is 2.71. The maximum Gasteiger partial charge on any atom is 0.222 e. The van der Waals surface area contributed by atoms with Crippen LogP contribution >= 0.6 is 12.4 Å². The maximum absolute atomic E-state index is 11.8. The summed E-state index contributed by atoms with van der Waals surface area (Å²) in [4.78, 5) is 11.8. The van der Waals surface area contributed by atoms with Crippen LogP contribution in [0.4, 0.5) is 0 Å². The molecule has 0 radical (unpaired) electrons. The third-order valence-corrected chi connectivity index (χ3v) is 4.35. The molecule has 142 valence electrons. The molecule has 1 amide bonds. The summed E-state index contributed by atoms with van der Waals surface area (Å²) in [6, 6.07) is 8.08. The molecule has 1 aliphatic rings. The fourth-order valence-electron chi connectivity index (χ4n) is 2.71. The van der Waals surface area contributed by atoms with Gasteiger partial charge >= 0.3 is 0 Å². The molecule has 6 heteroatoms. The van der Waals surface area contributed by atoms with E-state index in [1.807, 2.05) is 12.1 Å². The van der Waals surface area contributed by atoms with E-state index in [1.54, 1.807) is 0 Å². The molecule has 1 heterocycles. The SMILES string of the molecule is CC(C)c1ccc(C(N)CNC(=O)CCOCC2CCCO2)cc1.Cl. The number of nitrogens with one attached hydrogen (secondary N) is 1. The van der Waals surface area contributed by atoms with Crippen molar-refractivity contribution in [1.29, 1.82) is 0 Å². The third-order valence-electron chi connectivity index (χ3n) is 4.35. The van der Waals surface area contributed by atoms with Gasteiger partial charge in [0.15, 0.2) is 0 Å². The summed E-state index contributed by atoms with van der Waals surface area (Å²) in [5.41, 5.74) is 8.47. The molecule has 25 heavy (non-hydrogen) atoms. The van der Waals surface area contributed by atoms with Crippen LogP contribution < -0.4 is 11.1 Å². The van der Waals surface area contributed by atoms with Crippen molar-refractivity contribution >= 4 is 18.3 Å². The number of benzene rings is 1. The molecule has 5 nitrogen and oxygen atoms in total. The van der Waals surface area contributed by atoms with E-state index in [1.165, 1.54) is 5.56 Å². The third kappa shape index (κ3) is 7.74. The Morgan fingerprint density at radius 3 is 2.60 bits per heavy atom. The van der Waals surface area contributed by atoms with Gasteiger partial charge in [-0.25, -0.2) is 0 Å². The number of amides is 1. The Kier molecular flexibility index (Phi) is 10.0. The van der Waals surface area contributed by atoms with E-state index in [0.29, 0.717) is 32.1 Å². The first-order valence-electron chi connectivity index (χ1n) is 8.87. The Balaban J connectivity index is 0.00000312. The Morgan fingerprint density at radius 2 is 2.00 bits per heavy atom. The lowest BCUT2D eigenvalue weighted by molar-refractivity contribution is -0.122. The van der Waals surface area contributed by atoms with Crippen LogP contribution in [0, 0.1) is 0 Å². The first-order valence-corrected chi connectivity index (χ1v) is 8.87. The van der Waals surface area contributed by atoms with Gasteiger partial charge in [0.25, 0.3) is 0 Å². The number of rotatable bonds is 9. The average molecular weight is 371 g/mol. The molecule has 2 atom stereocenters. The fourth-order valence-corrected chi connectivity index (χ4v) is 2.71. The summed E-state index contributed by atoms with van der Waals surface area (Å²) >= 11 is 0.